The summed E-state index contributed by atoms with van der Waals surface area (Å²) < 4.78 is 8.48. The number of benzene rings is 3. The number of aromatic nitrogens is 2. The lowest BCUT2D eigenvalue weighted by atomic mass is 10.0. The summed E-state index contributed by atoms with van der Waals surface area (Å²) in [4.78, 5) is 38.3. The molecule has 0 aliphatic rings. The molecule has 3 aromatic carbocycles. The molecule has 0 saturated heterocycles. The predicted octanol–water partition coefficient (Wildman–Crippen LogP) is 4.34. The van der Waals surface area contributed by atoms with Crippen molar-refractivity contribution in [2.24, 2.45) is 7.05 Å². The molecule has 1 amide bonds. The maximum absolute atomic E-state index is 13.0. The molecule has 7 nitrogen and oxygen atoms in total. The summed E-state index contributed by atoms with van der Waals surface area (Å²) in [6.07, 6.45) is -1.09. The Labute approximate surface area is 197 Å². The quantitative estimate of drug-likeness (QED) is 0.439. The zero-order chi connectivity index (χ0) is 24.2. The molecule has 1 atom stereocenters. The lowest BCUT2D eigenvalue weighted by molar-refractivity contribution is -0.123. The number of esters is 1. The number of rotatable bonds is 6. The first kappa shape index (κ1) is 22.8. The largest absolute Gasteiger partial charge is 0.449 e. The predicted molar refractivity (Wildman–Crippen MR) is 131 cm³/mol. The average Bonchev–Trinajstić information content (AvgIpc) is 3.08. The summed E-state index contributed by atoms with van der Waals surface area (Å²) in [6, 6.07) is 25.9. The van der Waals surface area contributed by atoms with Gasteiger partial charge in [-0.1, -0.05) is 60.7 Å². The van der Waals surface area contributed by atoms with E-state index in [0.717, 1.165) is 11.1 Å². The van der Waals surface area contributed by atoms with E-state index in [-0.39, 0.29) is 11.2 Å². The van der Waals surface area contributed by atoms with Crippen molar-refractivity contribution in [1.29, 1.82) is 0 Å². The van der Waals surface area contributed by atoms with Crippen molar-refractivity contribution in [3.05, 3.63) is 107 Å². The SMILES string of the molecule is Cc1c(NC(=O)C(C)OC(=O)c2ccc(-c3ccccc3)cc2)c(=O)n(-c2ccccc2)n1C. The van der Waals surface area contributed by atoms with Crippen LogP contribution in [0.2, 0.25) is 0 Å². The molecule has 7 heteroatoms. The topological polar surface area (TPSA) is 82.3 Å². The number of nitrogens with one attached hydrogen (secondary N) is 1. The lowest BCUT2D eigenvalue weighted by Crippen LogP contribution is -2.32. The highest BCUT2D eigenvalue weighted by Gasteiger charge is 2.23. The van der Waals surface area contributed by atoms with Gasteiger partial charge in [0.15, 0.2) is 6.10 Å². The zero-order valence-corrected chi connectivity index (χ0v) is 19.2. The standard InChI is InChI=1S/C27H25N3O4/c1-18-24(26(32)30(29(18)3)23-12-8-5-9-13-23)28-25(31)19(2)34-27(33)22-16-14-21(15-17-22)20-10-6-4-7-11-20/h4-17,19H,1-3H3,(H,28,31). The second-order valence-electron chi connectivity index (χ2n) is 7.92. The fourth-order valence-electron chi connectivity index (χ4n) is 3.65. The minimum absolute atomic E-state index is 0.145. The highest BCUT2D eigenvalue weighted by Crippen LogP contribution is 2.20. The van der Waals surface area contributed by atoms with Gasteiger partial charge < -0.3 is 10.1 Å². The molecule has 0 fully saturated rings. The third kappa shape index (κ3) is 4.54. The molecule has 1 heterocycles. The van der Waals surface area contributed by atoms with E-state index in [9.17, 15) is 14.4 Å². The first-order chi connectivity index (χ1) is 16.4. The van der Waals surface area contributed by atoms with Crippen LogP contribution < -0.4 is 10.9 Å². The Morgan fingerprint density at radius 2 is 1.41 bits per heavy atom. The van der Waals surface area contributed by atoms with E-state index in [0.29, 0.717) is 16.9 Å². The second-order valence-corrected chi connectivity index (χ2v) is 7.92. The Bertz CT molecular complexity index is 1370. The van der Waals surface area contributed by atoms with E-state index in [1.807, 2.05) is 60.7 Å². The normalized spacial score (nSPS) is 11.6. The smallest absolute Gasteiger partial charge is 0.338 e. The number of anilines is 1. The van der Waals surface area contributed by atoms with Gasteiger partial charge in [-0.3, -0.25) is 14.3 Å². The van der Waals surface area contributed by atoms with Crippen LogP contribution in [0, 0.1) is 6.92 Å². The summed E-state index contributed by atoms with van der Waals surface area (Å²) in [5, 5.41) is 2.63. The average molecular weight is 456 g/mol. The van der Waals surface area contributed by atoms with E-state index in [1.54, 1.807) is 42.9 Å². The molecule has 1 N–H and O–H groups in total. The van der Waals surface area contributed by atoms with Crippen LogP contribution in [0.15, 0.2) is 89.7 Å². The number of amides is 1. The summed E-state index contributed by atoms with van der Waals surface area (Å²) in [5.74, 6) is -1.20. The van der Waals surface area contributed by atoms with E-state index >= 15 is 0 Å². The van der Waals surface area contributed by atoms with Crippen LogP contribution in [0.1, 0.15) is 23.0 Å². The van der Waals surface area contributed by atoms with Crippen molar-refractivity contribution in [3.63, 3.8) is 0 Å². The van der Waals surface area contributed by atoms with Crippen LogP contribution in [-0.2, 0) is 16.6 Å². The van der Waals surface area contributed by atoms with E-state index < -0.39 is 18.0 Å². The molecule has 0 spiro atoms. The summed E-state index contributed by atoms with van der Waals surface area (Å²) in [7, 11) is 1.74. The monoisotopic (exact) mass is 455 g/mol. The van der Waals surface area contributed by atoms with E-state index in [2.05, 4.69) is 5.32 Å². The van der Waals surface area contributed by atoms with Crippen LogP contribution in [0.5, 0.6) is 0 Å². The van der Waals surface area contributed by atoms with Crippen molar-refractivity contribution in [3.8, 4) is 16.8 Å². The van der Waals surface area contributed by atoms with Crippen LogP contribution in [0.4, 0.5) is 5.69 Å². The number of para-hydroxylation sites is 1. The fourth-order valence-corrected chi connectivity index (χ4v) is 3.65. The number of hydrogen-bond acceptors (Lipinski definition) is 4. The minimum atomic E-state index is -1.09. The lowest BCUT2D eigenvalue weighted by Gasteiger charge is -2.13. The van der Waals surface area contributed by atoms with E-state index in [4.69, 9.17) is 4.74 Å². The Morgan fingerprint density at radius 3 is 2.03 bits per heavy atom. The Morgan fingerprint density at radius 1 is 0.853 bits per heavy atom. The van der Waals surface area contributed by atoms with Gasteiger partial charge in [0.25, 0.3) is 11.5 Å². The molecule has 4 aromatic rings. The zero-order valence-electron chi connectivity index (χ0n) is 19.2. The van der Waals surface area contributed by atoms with Crippen LogP contribution in [0.25, 0.3) is 16.8 Å². The first-order valence-electron chi connectivity index (χ1n) is 10.9. The van der Waals surface area contributed by atoms with Crippen molar-refractivity contribution in [2.45, 2.75) is 20.0 Å². The Kier molecular flexibility index (Phi) is 6.45. The van der Waals surface area contributed by atoms with Crippen LogP contribution in [0.3, 0.4) is 0 Å². The molecule has 0 saturated carbocycles. The number of carbonyl (C=O) groups is 2. The van der Waals surface area contributed by atoms with Crippen molar-refractivity contribution in [2.75, 3.05) is 5.32 Å². The molecular formula is C27H25N3O4. The van der Waals surface area contributed by atoms with Crippen molar-refractivity contribution in [1.82, 2.24) is 9.36 Å². The fraction of sp³-hybridized carbons (Fsp3) is 0.148. The first-order valence-corrected chi connectivity index (χ1v) is 10.9. The highest BCUT2D eigenvalue weighted by molar-refractivity contribution is 5.97. The second kappa shape index (κ2) is 9.62. The maximum Gasteiger partial charge on any atom is 0.338 e. The van der Waals surface area contributed by atoms with Crippen molar-refractivity contribution >= 4 is 17.6 Å². The third-order valence-electron chi connectivity index (χ3n) is 5.68. The van der Waals surface area contributed by atoms with Gasteiger partial charge in [0, 0.05) is 7.05 Å². The molecular weight excluding hydrogens is 430 g/mol. The molecule has 172 valence electrons. The van der Waals surface area contributed by atoms with Gasteiger partial charge in [0.05, 0.1) is 16.9 Å². The third-order valence-corrected chi connectivity index (χ3v) is 5.68. The van der Waals surface area contributed by atoms with Crippen LogP contribution >= 0.6 is 0 Å². The Hall–Kier alpha value is -4.39. The number of ether oxygens (including phenoxy) is 1. The number of hydrogen-bond donors (Lipinski definition) is 1. The molecule has 0 aliphatic heterocycles. The molecule has 0 bridgehead atoms. The van der Waals surface area contributed by atoms with Crippen molar-refractivity contribution < 1.29 is 14.3 Å². The number of nitrogens with zero attached hydrogens (tertiary/aromatic N) is 2. The summed E-state index contributed by atoms with van der Waals surface area (Å²) in [5.41, 5.74) is 3.38. The van der Waals surface area contributed by atoms with Gasteiger partial charge in [0.2, 0.25) is 0 Å². The molecule has 1 unspecified atom stereocenters. The summed E-state index contributed by atoms with van der Waals surface area (Å²) in [6.45, 7) is 3.21. The van der Waals surface area contributed by atoms with E-state index in [1.165, 1.54) is 11.6 Å². The highest BCUT2D eigenvalue weighted by atomic mass is 16.5. The van der Waals surface area contributed by atoms with Gasteiger partial charge in [-0.15, -0.1) is 0 Å². The van der Waals surface area contributed by atoms with Crippen LogP contribution in [-0.4, -0.2) is 27.3 Å². The molecule has 0 radical (unpaired) electrons. The summed E-state index contributed by atoms with van der Waals surface area (Å²) >= 11 is 0. The Balaban J connectivity index is 1.45. The van der Waals surface area contributed by atoms with Gasteiger partial charge >= 0.3 is 5.97 Å². The molecule has 0 aliphatic carbocycles. The molecule has 1 aromatic heterocycles. The van der Waals surface area contributed by atoms with Gasteiger partial charge in [-0.25, -0.2) is 9.48 Å². The maximum atomic E-state index is 13.0. The molecule has 4 rings (SSSR count). The van der Waals surface area contributed by atoms with Gasteiger partial charge in [-0.2, -0.15) is 0 Å². The van der Waals surface area contributed by atoms with Gasteiger partial charge in [-0.05, 0) is 49.2 Å². The van der Waals surface area contributed by atoms with Gasteiger partial charge in [0.1, 0.15) is 5.69 Å². The number of carbonyl (C=O) groups excluding carboxylic acids is 2. The minimum Gasteiger partial charge on any atom is -0.449 e. The molecule has 34 heavy (non-hydrogen) atoms.